The zero-order valence-electron chi connectivity index (χ0n) is 15.1. The number of nitrogens with two attached hydrogens (primary N) is 1. The maximum absolute atomic E-state index is 12.3. The Morgan fingerprint density at radius 3 is 2.46 bits per heavy atom. The van der Waals surface area contributed by atoms with Gasteiger partial charge < -0.3 is 15.8 Å². The molecular formula is C17H35Cl2N3O2. The van der Waals surface area contributed by atoms with Gasteiger partial charge in [-0.15, -0.1) is 24.8 Å². The lowest BCUT2D eigenvalue weighted by Crippen LogP contribution is -2.54. The molecule has 0 spiro atoms. The van der Waals surface area contributed by atoms with Crippen LogP contribution >= 0.6 is 24.8 Å². The van der Waals surface area contributed by atoms with Gasteiger partial charge in [0.25, 0.3) is 0 Å². The summed E-state index contributed by atoms with van der Waals surface area (Å²) in [6, 6.07) is 0. The number of carbonyl (C=O) groups is 1. The zero-order chi connectivity index (χ0) is 16.1. The van der Waals surface area contributed by atoms with Crippen molar-refractivity contribution in [3.8, 4) is 0 Å². The van der Waals surface area contributed by atoms with Crippen LogP contribution in [0.15, 0.2) is 0 Å². The summed E-state index contributed by atoms with van der Waals surface area (Å²) < 4.78 is 5.53. The van der Waals surface area contributed by atoms with Crippen molar-refractivity contribution in [3.05, 3.63) is 0 Å². The SMILES string of the molecule is CC1(C)COCCN1CCNC(=O)CC1(CN)CCCCC1.Cl.Cl. The minimum absolute atomic E-state index is 0. The number of rotatable bonds is 6. The van der Waals surface area contributed by atoms with Crippen molar-refractivity contribution >= 4 is 30.7 Å². The molecule has 1 aliphatic heterocycles. The Morgan fingerprint density at radius 2 is 1.88 bits per heavy atom. The summed E-state index contributed by atoms with van der Waals surface area (Å²) in [4.78, 5) is 14.7. The van der Waals surface area contributed by atoms with E-state index in [-0.39, 0.29) is 41.7 Å². The van der Waals surface area contributed by atoms with Gasteiger partial charge in [-0.25, -0.2) is 0 Å². The number of hydrogen-bond donors (Lipinski definition) is 2. The van der Waals surface area contributed by atoms with Crippen molar-refractivity contribution in [2.24, 2.45) is 11.1 Å². The Bertz CT molecular complexity index is 375. The molecule has 0 atom stereocenters. The molecule has 7 heteroatoms. The lowest BCUT2D eigenvalue weighted by Gasteiger charge is -2.42. The van der Waals surface area contributed by atoms with Gasteiger partial charge >= 0.3 is 0 Å². The molecule has 0 radical (unpaired) electrons. The summed E-state index contributed by atoms with van der Waals surface area (Å²) in [5.74, 6) is 0.165. The molecular weight excluding hydrogens is 349 g/mol. The van der Waals surface area contributed by atoms with E-state index >= 15 is 0 Å². The first-order chi connectivity index (χ1) is 10.5. The van der Waals surface area contributed by atoms with Crippen molar-refractivity contribution < 1.29 is 9.53 Å². The van der Waals surface area contributed by atoms with Crippen molar-refractivity contribution in [1.29, 1.82) is 0 Å². The maximum Gasteiger partial charge on any atom is 0.220 e. The highest BCUT2D eigenvalue weighted by atomic mass is 35.5. The first-order valence-corrected chi connectivity index (χ1v) is 8.77. The minimum atomic E-state index is 0. The molecule has 1 aliphatic carbocycles. The molecule has 3 N–H and O–H groups in total. The number of nitrogens with zero attached hydrogens (tertiary/aromatic N) is 1. The Kier molecular flexibility index (Phi) is 10.8. The van der Waals surface area contributed by atoms with Crippen LogP contribution in [0, 0.1) is 5.41 Å². The molecule has 2 rings (SSSR count). The van der Waals surface area contributed by atoms with Gasteiger partial charge in [0.1, 0.15) is 0 Å². The Morgan fingerprint density at radius 1 is 1.21 bits per heavy atom. The maximum atomic E-state index is 12.3. The van der Waals surface area contributed by atoms with Crippen LogP contribution in [0.3, 0.4) is 0 Å². The van der Waals surface area contributed by atoms with E-state index in [4.69, 9.17) is 10.5 Å². The van der Waals surface area contributed by atoms with Crippen LogP contribution in [0.5, 0.6) is 0 Å². The number of morpholine rings is 1. The molecule has 0 aromatic rings. The number of hydrogen-bond acceptors (Lipinski definition) is 4. The van der Waals surface area contributed by atoms with Crippen molar-refractivity contribution in [1.82, 2.24) is 10.2 Å². The van der Waals surface area contributed by atoms with Crippen LogP contribution in [0.25, 0.3) is 0 Å². The summed E-state index contributed by atoms with van der Waals surface area (Å²) in [5.41, 5.74) is 6.08. The predicted molar refractivity (Wildman–Crippen MR) is 103 cm³/mol. The normalized spacial score (nSPS) is 22.8. The van der Waals surface area contributed by atoms with Crippen LogP contribution in [-0.4, -0.2) is 55.7 Å². The van der Waals surface area contributed by atoms with E-state index in [0.29, 0.717) is 19.5 Å². The highest BCUT2D eigenvalue weighted by Crippen LogP contribution is 2.38. The van der Waals surface area contributed by atoms with Crippen molar-refractivity contribution in [2.75, 3.05) is 39.4 Å². The molecule has 1 saturated carbocycles. The number of halogens is 2. The van der Waals surface area contributed by atoms with E-state index in [1.807, 2.05) is 0 Å². The molecule has 2 fully saturated rings. The fourth-order valence-electron chi connectivity index (χ4n) is 3.79. The van der Waals surface area contributed by atoms with E-state index in [0.717, 1.165) is 39.1 Å². The molecule has 0 aromatic carbocycles. The van der Waals surface area contributed by atoms with E-state index in [2.05, 4.69) is 24.1 Å². The number of amides is 1. The van der Waals surface area contributed by atoms with Crippen molar-refractivity contribution in [2.45, 2.75) is 57.9 Å². The summed E-state index contributed by atoms with van der Waals surface area (Å²) in [6.07, 6.45) is 6.52. The van der Waals surface area contributed by atoms with Gasteiger partial charge in [0.15, 0.2) is 0 Å². The molecule has 1 heterocycles. The molecule has 0 bridgehead atoms. The van der Waals surface area contributed by atoms with E-state index in [1.165, 1.54) is 19.3 Å². The molecule has 144 valence electrons. The summed E-state index contributed by atoms with van der Waals surface area (Å²) >= 11 is 0. The summed E-state index contributed by atoms with van der Waals surface area (Å²) in [5, 5.41) is 3.10. The van der Waals surface area contributed by atoms with E-state index in [1.54, 1.807) is 0 Å². The molecule has 2 aliphatic rings. The van der Waals surface area contributed by atoms with Crippen LogP contribution < -0.4 is 11.1 Å². The Balaban J connectivity index is 0.00000264. The molecule has 24 heavy (non-hydrogen) atoms. The topological polar surface area (TPSA) is 67.6 Å². The molecule has 1 amide bonds. The van der Waals surface area contributed by atoms with E-state index in [9.17, 15) is 4.79 Å². The average Bonchev–Trinajstić information content (AvgIpc) is 2.49. The molecule has 0 aromatic heterocycles. The predicted octanol–water partition coefficient (Wildman–Crippen LogP) is 2.36. The Labute approximate surface area is 159 Å². The third-order valence-electron chi connectivity index (χ3n) is 5.40. The number of ether oxygens (including phenoxy) is 1. The third kappa shape index (κ3) is 6.68. The largest absolute Gasteiger partial charge is 0.378 e. The first-order valence-electron chi connectivity index (χ1n) is 8.77. The average molecular weight is 384 g/mol. The second-order valence-corrected chi connectivity index (χ2v) is 7.64. The van der Waals surface area contributed by atoms with Gasteiger partial charge in [0.2, 0.25) is 5.91 Å². The number of nitrogens with one attached hydrogen (secondary N) is 1. The van der Waals surface area contributed by atoms with E-state index < -0.39 is 0 Å². The molecule has 1 saturated heterocycles. The van der Waals surface area contributed by atoms with Gasteiger partial charge in [-0.2, -0.15) is 0 Å². The summed E-state index contributed by atoms with van der Waals surface area (Å²) in [7, 11) is 0. The third-order valence-corrected chi connectivity index (χ3v) is 5.40. The lowest BCUT2D eigenvalue weighted by atomic mass is 9.71. The van der Waals surface area contributed by atoms with Gasteiger partial charge in [0.05, 0.1) is 13.2 Å². The van der Waals surface area contributed by atoms with Crippen molar-refractivity contribution in [3.63, 3.8) is 0 Å². The number of carbonyl (C=O) groups excluding carboxylic acids is 1. The zero-order valence-corrected chi connectivity index (χ0v) is 16.8. The second kappa shape index (κ2) is 10.8. The summed E-state index contributed by atoms with van der Waals surface area (Å²) in [6.45, 7) is 9.11. The first kappa shape index (κ1) is 23.9. The second-order valence-electron chi connectivity index (χ2n) is 7.64. The van der Waals surface area contributed by atoms with Crippen LogP contribution in [0.4, 0.5) is 0 Å². The monoisotopic (exact) mass is 383 g/mol. The van der Waals surface area contributed by atoms with Gasteiger partial charge in [-0.05, 0) is 38.6 Å². The van der Waals surface area contributed by atoms with Crippen LogP contribution in [0.1, 0.15) is 52.4 Å². The fourth-order valence-corrected chi connectivity index (χ4v) is 3.79. The Hall–Kier alpha value is -0.0700. The van der Waals surface area contributed by atoms with Gasteiger partial charge in [-0.1, -0.05) is 19.3 Å². The quantitative estimate of drug-likeness (QED) is 0.738. The highest BCUT2D eigenvalue weighted by molar-refractivity contribution is 5.85. The van der Waals surface area contributed by atoms with Crippen LogP contribution in [-0.2, 0) is 9.53 Å². The molecule has 5 nitrogen and oxygen atoms in total. The van der Waals surface area contributed by atoms with Gasteiger partial charge in [0, 0.05) is 31.6 Å². The lowest BCUT2D eigenvalue weighted by molar-refractivity contribution is -0.124. The minimum Gasteiger partial charge on any atom is -0.378 e. The fraction of sp³-hybridized carbons (Fsp3) is 0.941. The molecule has 0 unspecified atom stereocenters. The smallest absolute Gasteiger partial charge is 0.220 e. The standard InChI is InChI=1S/C17H33N3O2.2ClH/c1-16(2)14-22-11-10-20(16)9-8-19-15(21)12-17(13-18)6-4-3-5-7-17;;/h3-14,18H2,1-2H3,(H,19,21);2*1H. The van der Waals surface area contributed by atoms with Gasteiger partial charge in [-0.3, -0.25) is 9.69 Å². The highest BCUT2D eigenvalue weighted by Gasteiger charge is 2.33. The van der Waals surface area contributed by atoms with Crippen LogP contribution in [0.2, 0.25) is 0 Å².